The first-order valence-corrected chi connectivity index (χ1v) is 14.3. The third-order valence-corrected chi connectivity index (χ3v) is 8.07. The van der Waals surface area contributed by atoms with Crippen LogP contribution in [0.1, 0.15) is 11.1 Å². The molecule has 0 N–H and O–H groups in total. The van der Waals surface area contributed by atoms with E-state index in [9.17, 15) is 20.2 Å². The first-order valence-electron chi connectivity index (χ1n) is 13.9. The molecular weight excluding hydrogens is 590 g/mol. The monoisotopic (exact) mass is 613 g/mol. The lowest BCUT2D eigenvalue weighted by Crippen LogP contribution is -2.58. The summed E-state index contributed by atoms with van der Waals surface area (Å²) in [4.78, 5) is 24.2. The molecule has 0 bridgehead atoms. The van der Waals surface area contributed by atoms with Gasteiger partial charge < -0.3 is 0 Å². The molecule has 45 heavy (non-hydrogen) atoms. The predicted molar refractivity (Wildman–Crippen MR) is 176 cm³/mol. The number of anilines is 3. The van der Waals surface area contributed by atoms with Crippen molar-refractivity contribution in [2.75, 3.05) is 15.0 Å². The lowest BCUT2D eigenvalue weighted by molar-refractivity contribution is -0.385. The number of benzene rings is 5. The van der Waals surface area contributed by atoms with Crippen LogP contribution in [0.15, 0.2) is 145 Å². The van der Waals surface area contributed by atoms with E-state index in [1.807, 2.05) is 101 Å². The van der Waals surface area contributed by atoms with Gasteiger partial charge in [0, 0.05) is 41.1 Å². The fraction of sp³-hybridized carbons (Fsp3) is 0.0303. The van der Waals surface area contributed by atoms with E-state index in [1.165, 1.54) is 24.3 Å². The van der Waals surface area contributed by atoms with E-state index in [0.29, 0.717) is 22.2 Å². The third-order valence-electron chi connectivity index (χ3n) is 7.71. The summed E-state index contributed by atoms with van der Waals surface area (Å²) in [6.45, 7) is 0. The van der Waals surface area contributed by atoms with Crippen LogP contribution in [0.3, 0.4) is 0 Å². The molecule has 220 valence electrons. The second kappa shape index (κ2) is 10.9. The number of rotatable bonds is 7. The molecule has 5 aromatic rings. The van der Waals surface area contributed by atoms with Crippen LogP contribution < -0.4 is 15.0 Å². The zero-order valence-electron chi connectivity index (χ0n) is 23.5. The zero-order valence-corrected chi connectivity index (χ0v) is 24.3. The molecule has 1 atom stereocenters. The minimum atomic E-state index is -1.20. The van der Waals surface area contributed by atoms with Crippen molar-refractivity contribution < 1.29 is 9.85 Å². The number of hydrazone groups is 1. The number of hydrazine groups is 2. The smallest absolute Gasteiger partial charge is 0.269 e. The Labute approximate surface area is 262 Å². The molecule has 1 saturated heterocycles. The van der Waals surface area contributed by atoms with Crippen LogP contribution >= 0.6 is 12.2 Å². The van der Waals surface area contributed by atoms with E-state index in [2.05, 4.69) is 0 Å². The van der Waals surface area contributed by atoms with Gasteiger partial charge in [-0.25, -0.2) is 5.01 Å². The number of para-hydroxylation sites is 1. The Bertz CT molecular complexity index is 1940. The van der Waals surface area contributed by atoms with E-state index in [0.717, 1.165) is 16.8 Å². The number of hydrogen-bond donors (Lipinski definition) is 0. The van der Waals surface area contributed by atoms with Crippen LogP contribution in [0, 0.1) is 20.2 Å². The number of thiocarbonyl (C=S) groups is 1. The molecule has 11 nitrogen and oxygen atoms in total. The molecule has 1 fully saturated rings. The lowest BCUT2D eigenvalue weighted by Gasteiger charge is -2.41. The first-order chi connectivity index (χ1) is 21.9. The summed E-state index contributed by atoms with van der Waals surface area (Å²) in [6, 6.07) is 41.5. The van der Waals surface area contributed by atoms with E-state index in [4.69, 9.17) is 17.3 Å². The van der Waals surface area contributed by atoms with Crippen molar-refractivity contribution in [2.45, 2.75) is 5.66 Å². The number of hydrogen-bond acceptors (Lipinski definition) is 8. The highest BCUT2D eigenvalue weighted by atomic mass is 32.1. The van der Waals surface area contributed by atoms with Gasteiger partial charge in [-0.15, -0.1) is 0 Å². The number of nitro benzene ring substituents is 2. The summed E-state index contributed by atoms with van der Waals surface area (Å²) in [6.07, 6.45) is 0. The Morgan fingerprint density at radius 3 is 1.62 bits per heavy atom. The van der Waals surface area contributed by atoms with Gasteiger partial charge in [0.25, 0.3) is 11.4 Å². The van der Waals surface area contributed by atoms with Gasteiger partial charge in [-0.3, -0.25) is 25.1 Å². The van der Waals surface area contributed by atoms with Gasteiger partial charge in [0.15, 0.2) is 5.11 Å². The molecule has 12 heteroatoms. The molecule has 5 aromatic carbocycles. The quantitative estimate of drug-likeness (QED) is 0.109. The first kappa shape index (κ1) is 27.8. The fourth-order valence-electron chi connectivity index (χ4n) is 5.77. The van der Waals surface area contributed by atoms with Crippen molar-refractivity contribution in [1.29, 1.82) is 0 Å². The predicted octanol–water partition coefficient (Wildman–Crippen LogP) is 7.02. The van der Waals surface area contributed by atoms with Gasteiger partial charge in [0.05, 0.1) is 21.2 Å². The van der Waals surface area contributed by atoms with Crippen molar-refractivity contribution in [1.82, 2.24) is 5.12 Å². The molecule has 0 saturated carbocycles. The fourth-order valence-corrected chi connectivity index (χ4v) is 6.19. The summed E-state index contributed by atoms with van der Waals surface area (Å²) >= 11 is 6.30. The normalized spacial score (nSPS) is 17.7. The van der Waals surface area contributed by atoms with Crippen molar-refractivity contribution in [3.63, 3.8) is 0 Å². The van der Waals surface area contributed by atoms with Gasteiger partial charge in [-0.05, 0) is 48.6 Å². The number of fused-ring (bicyclic) bond motifs is 1. The second-order valence-electron chi connectivity index (χ2n) is 10.2. The van der Waals surface area contributed by atoms with E-state index < -0.39 is 15.5 Å². The Morgan fingerprint density at radius 2 is 1.09 bits per heavy atom. The van der Waals surface area contributed by atoms with Crippen LogP contribution in [-0.2, 0) is 5.66 Å². The number of nitro groups is 2. The van der Waals surface area contributed by atoms with Crippen LogP contribution in [0.25, 0.3) is 0 Å². The maximum atomic E-state index is 11.5. The molecule has 7 rings (SSSR count). The molecule has 0 radical (unpaired) electrons. The molecule has 2 aliphatic heterocycles. The average Bonchev–Trinajstić information content (AvgIpc) is 3.56. The Hall–Kier alpha value is -5.98. The Morgan fingerprint density at radius 1 is 0.600 bits per heavy atom. The standard InChI is InChI=1S/C33H23N7O4S/c41-38(42)29-20-16-27(17-21-29)36-32(45)35(26-14-8-3-9-15-26)33(25-12-6-2-7-13-25)31(24-10-4-1-5-11-24)34-37(40(33)36)28-18-22-30(23-19-28)39(43)44/h1-23H. The molecule has 0 amide bonds. The largest absolute Gasteiger partial charge is 0.285 e. The topological polar surface area (TPSA) is 112 Å². The van der Waals surface area contributed by atoms with E-state index >= 15 is 0 Å². The van der Waals surface area contributed by atoms with Gasteiger partial charge in [-0.2, -0.15) is 10.2 Å². The molecule has 2 heterocycles. The average molecular weight is 614 g/mol. The van der Waals surface area contributed by atoms with Crippen LogP contribution in [0.5, 0.6) is 0 Å². The third kappa shape index (κ3) is 4.39. The summed E-state index contributed by atoms with van der Waals surface area (Å²) in [5, 5.41) is 34.0. The Balaban J connectivity index is 1.56. The van der Waals surface area contributed by atoms with Gasteiger partial charge in [0.1, 0.15) is 5.71 Å². The van der Waals surface area contributed by atoms with Crippen LogP contribution in [0.2, 0.25) is 0 Å². The minimum absolute atomic E-state index is 0.0605. The SMILES string of the molecule is O=[N+]([O-])c1ccc(N2N=C(c3ccccc3)C3(c4ccccc4)N(c4ccccc4)C(=S)N(c4ccc([N+](=O)[O-])cc4)N23)cc1. The maximum absolute atomic E-state index is 11.5. The van der Waals surface area contributed by atoms with Crippen molar-refractivity contribution in [3.8, 4) is 0 Å². The van der Waals surface area contributed by atoms with Gasteiger partial charge in [-0.1, -0.05) is 84.0 Å². The molecule has 0 spiro atoms. The van der Waals surface area contributed by atoms with E-state index in [1.54, 1.807) is 34.4 Å². The molecular formula is C33H23N7O4S. The zero-order chi connectivity index (χ0) is 31.1. The highest BCUT2D eigenvalue weighted by molar-refractivity contribution is 7.80. The van der Waals surface area contributed by atoms with Crippen LogP contribution in [-0.4, -0.2) is 25.8 Å². The lowest BCUT2D eigenvalue weighted by atomic mass is 9.88. The summed E-state index contributed by atoms with van der Waals surface area (Å²) in [7, 11) is 0. The highest BCUT2D eigenvalue weighted by Gasteiger charge is 2.65. The highest BCUT2D eigenvalue weighted by Crippen LogP contribution is 2.52. The molecule has 0 aromatic heterocycles. The van der Waals surface area contributed by atoms with Crippen LogP contribution in [0.4, 0.5) is 28.4 Å². The van der Waals surface area contributed by atoms with Crippen molar-refractivity contribution in [2.24, 2.45) is 5.10 Å². The summed E-state index contributed by atoms with van der Waals surface area (Å²) in [5.74, 6) is 0. The van der Waals surface area contributed by atoms with Gasteiger partial charge in [0.2, 0.25) is 5.66 Å². The Kier molecular flexibility index (Phi) is 6.76. The second-order valence-corrected chi connectivity index (χ2v) is 10.6. The van der Waals surface area contributed by atoms with Crippen molar-refractivity contribution in [3.05, 3.63) is 171 Å². The van der Waals surface area contributed by atoms with Crippen molar-refractivity contribution >= 4 is 51.5 Å². The number of non-ortho nitro benzene ring substituents is 2. The molecule has 0 aliphatic carbocycles. The molecule has 1 unspecified atom stereocenters. The summed E-state index contributed by atoms with van der Waals surface area (Å²) < 4.78 is 0. The molecule has 2 aliphatic rings. The maximum Gasteiger partial charge on any atom is 0.269 e. The number of nitrogens with zero attached hydrogens (tertiary/aromatic N) is 7. The van der Waals surface area contributed by atoms with Gasteiger partial charge >= 0.3 is 0 Å². The van der Waals surface area contributed by atoms with E-state index in [-0.39, 0.29) is 11.4 Å². The minimum Gasteiger partial charge on any atom is -0.285 e. The summed E-state index contributed by atoms with van der Waals surface area (Å²) in [5.41, 5.74) is 2.86.